The normalized spacial score (nSPS) is 12.5. The second kappa shape index (κ2) is 7.90. The molecule has 0 saturated carbocycles. The molecular weight excluding hydrogens is 431 g/mol. The largest absolute Gasteiger partial charge is 0.486 e. The standard InChI is InChI=1S/C23H17FN4O5/c1-27-22(30)17-10-13(21(29)26-15-4-7-18-19(11-15)33-9-8-32-18)12-25-20(17)28(23(27)31)16-5-2-14(24)3-6-16/h2-7,10-12H,8-9H2,1H3,(H,26,29). The first kappa shape index (κ1) is 20.4. The van der Waals surface area contributed by atoms with E-state index in [1.165, 1.54) is 48.1 Å². The van der Waals surface area contributed by atoms with E-state index in [0.29, 0.717) is 36.1 Å². The van der Waals surface area contributed by atoms with Gasteiger partial charge in [0.25, 0.3) is 11.5 Å². The molecular formula is C23H17FN4O5. The number of fused-ring (bicyclic) bond motifs is 2. The van der Waals surface area contributed by atoms with Gasteiger partial charge in [-0.25, -0.2) is 18.7 Å². The Hall–Kier alpha value is -4.47. The smallest absolute Gasteiger partial charge is 0.337 e. The Balaban J connectivity index is 1.55. The molecule has 0 fully saturated rings. The summed E-state index contributed by atoms with van der Waals surface area (Å²) in [6, 6.07) is 11.6. The summed E-state index contributed by atoms with van der Waals surface area (Å²) in [7, 11) is 1.33. The number of amides is 1. The van der Waals surface area contributed by atoms with Crippen molar-refractivity contribution in [1.82, 2.24) is 14.1 Å². The minimum absolute atomic E-state index is 0.0607. The van der Waals surface area contributed by atoms with Crippen molar-refractivity contribution in [3.63, 3.8) is 0 Å². The van der Waals surface area contributed by atoms with Crippen LogP contribution in [0, 0.1) is 5.82 Å². The Morgan fingerprint density at radius 1 is 1.03 bits per heavy atom. The lowest BCUT2D eigenvalue weighted by atomic mass is 10.2. The van der Waals surface area contributed by atoms with E-state index in [4.69, 9.17) is 9.47 Å². The van der Waals surface area contributed by atoms with Crippen molar-refractivity contribution in [2.24, 2.45) is 7.05 Å². The number of benzene rings is 2. The lowest BCUT2D eigenvalue weighted by Crippen LogP contribution is -2.38. The minimum atomic E-state index is -0.639. The van der Waals surface area contributed by atoms with Crippen LogP contribution in [-0.4, -0.2) is 33.2 Å². The fourth-order valence-corrected chi connectivity index (χ4v) is 3.57. The zero-order valence-electron chi connectivity index (χ0n) is 17.4. The molecule has 0 bridgehead atoms. The second-order valence-corrected chi connectivity index (χ2v) is 7.37. The first-order valence-corrected chi connectivity index (χ1v) is 10.0. The number of hydrogen-bond donors (Lipinski definition) is 1. The monoisotopic (exact) mass is 448 g/mol. The maximum atomic E-state index is 13.4. The number of aromatic nitrogens is 3. The van der Waals surface area contributed by atoms with Crippen LogP contribution in [0.2, 0.25) is 0 Å². The molecule has 0 aliphatic carbocycles. The highest BCUT2D eigenvalue weighted by molar-refractivity contribution is 6.05. The number of nitrogens with zero attached hydrogens (tertiary/aromatic N) is 3. The number of rotatable bonds is 3. The summed E-state index contributed by atoms with van der Waals surface area (Å²) in [6.45, 7) is 0.872. The van der Waals surface area contributed by atoms with E-state index in [1.54, 1.807) is 18.2 Å². The maximum Gasteiger partial charge on any atom is 0.337 e. The molecule has 1 amide bonds. The van der Waals surface area contributed by atoms with Gasteiger partial charge < -0.3 is 14.8 Å². The van der Waals surface area contributed by atoms with Gasteiger partial charge in [0.15, 0.2) is 17.1 Å². The maximum absolute atomic E-state index is 13.4. The van der Waals surface area contributed by atoms with Gasteiger partial charge in [0.2, 0.25) is 0 Å². The van der Waals surface area contributed by atoms with E-state index in [9.17, 15) is 18.8 Å². The van der Waals surface area contributed by atoms with Gasteiger partial charge in [-0.3, -0.25) is 14.2 Å². The molecule has 0 atom stereocenters. The fraction of sp³-hybridized carbons (Fsp3) is 0.130. The number of carbonyl (C=O) groups excluding carboxylic acids is 1. The molecule has 0 radical (unpaired) electrons. The summed E-state index contributed by atoms with van der Waals surface area (Å²) >= 11 is 0. The van der Waals surface area contributed by atoms with Gasteiger partial charge in [0.1, 0.15) is 19.0 Å². The van der Waals surface area contributed by atoms with Gasteiger partial charge in [-0.2, -0.15) is 0 Å². The summed E-state index contributed by atoms with van der Waals surface area (Å²) < 4.78 is 26.5. The molecule has 9 nitrogen and oxygen atoms in total. The van der Waals surface area contributed by atoms with Crippen LogP contribution >= 0.6 is 0 Å². The predicted molar refractivity (Wildman–Crippen MR) is 118 cm³/mol. The van der Waals surface area contributed by atoms with Crippen LogP contribution in [0.5, 0.6) is 11.5 Å². The predicted octanol–water partition coefficient (Wildman–Crippen LogP) is 2.25. The van der Waals surface area contributed by atoms with Crippen molar-refractivity contribution in [3.8, 4) is 17.2 Å². The summed E-state index contributed by atoms with van der Waals surface area (Å²) in [4.78, 5) is 42.6. The molecule has 33 heavy (non-hydrogen) atoms. The Labute approximate surface area is 185 Å². The third-order valence-electron chi connectivity index (χ3n) is 5.24. The van der Waals surface area contributed by atoms with Crippen molar-refractivity contribution < 1.29 is 18.7 Å². The van der Waals surface area contributed by atoms with Crippen molar-refractivity contribution in [3.05, 3.63) is 86.9 Å². The molecule has 0 saturated heterocycles. The van der Waals surface area contributed by atoms with Crippen molar-refractivity contribution in [2.75, 3.05) is 18.5 Å². The average molecular weight is 448 g/mol. The highest BCUT2D eigenvalue weighted by Gasteiger charge is 2.18. The molecule has 1 aliphatic rings. The van der Waals surface area contributed by atoms with E-state index in [2.05, 4.69) is 10.3 Å². The Morgan fingerprint density at radius 2 is 1.76 bits per heavy atom. The van der Waals surface area contributed by atoms with Crippen molar-refractivity contribution in [2.45, 2.75) is 0 Å². The van der Waals surface area contributed by atoms with E-state index >= 15 is 0 Å². The molecule has 2 aromatic heterocycles. The molecule has 4 aromatic rings. The molecule has 0 unspecified atom stereocenters. The lowest BCUT2D eigenvalue weighted by Gasteiger charge is -2.19. The topological polar surface area (TPSA) is 104 Å². The van der Waals surface area contributed by atoms with E-state index in [1.807, 2.05) is 0 Å². The van der Waals surface area contributed by atoms with Crippen LogP contribution in [0.25, 0.3) is 16.7 Å². The molecule has 3 heterocycles. The van der Waals surface area contributed by atoms with E-state index in [-0.39, 0.29) is 16.6 Å². The number of halogens is 1. The second-order valence-electron chi connectivity index (χ2n) is 7.37. The number of pyridine rings is 1. The summed E-state index contributed by atoms with van der Waals surface area (Å²) in [5.74, 6) is 0.149. The molecule has 2 aromatic carbocycles. The highest BCUT2D eigenvalue weighted by atomic mass is 19.1. The minimum Gasteiger partial charge on any atom is -0.486 e. The van der Waals surface area contributed by atoms with Crippen molar-refractivity contribution in [1.29, 1.82) is 0 Å². The highest BCUT2D eigenvalue weighted by Crippen LogP contribution is 2.32. The first-order valence-electron chi connectivity index (χ1n) is 10.0. The van der Waals surface area contributed by atoms with Gasteiger partial charge in [0.05, 0.1) is 16.6 Å². The van der Waals surface area contributed by atoms with Gasteiger partial charge in [-0.15, -0.1) is 0 Å². The van der Waals surface area contributed by atoms with Crippen LogP contribution in [0.4, 0.5) is 10.1 Å². The SMILES string of the molecule is Cn1c(=O)c2cc(C(=O)Nc3ccc4c(c3)OCCO4)cnc2n(-c2ccc(F)cc2)c1=O. The third-order valence-corrected chi connectivity index (χ3v) is 5.24. The summed E-state index contributed by atoms with van der Waals surface area (Å²) in [5, 5.41) is 2.80. The third kappa shape index (κ3) is 3.61. The molecule has 10 heteroatoms. The lowest BCUT2D eigenvalue weighted by molar-refractivity contribution is 0.102. The van der Waals surface area contributed by atoms with Crippen LogP contribution in [0.3, 0.4) is 0 Å². The summed E-state index contributed by atoms with van der Waals surface area (Å²) in [6.07, 6.45) is 1.27. The Morgan fingerprint density at radius 3 is 2.52 bits per heavy atom. The number of ether oxygens (including phenoxy) is 2. The quantitative estimate of drug-likeness (QED) is 0.516. The van der Waals surface area contributed by atoms with Crippen LogP contribution in [0.1, 0.15) is 10.4 Å². The van der Waals surface area contributed by atoms with Gasteiger partial charge >= 0.3 is 5.69 Å². The first-order chi connectivity index (χ1) is 15.9. The number of hydrogen-bond acceptors (Lipinski definition) is 6. The molecule has 1 N–H and O–H groups in total. The van der Waals surface area contributed by atoms with Gasteiger partial charge in [-0.1, -0.05) is 0 Å². The molecule has 0 spiro atoms. The number of nitrogens with one attached hydrogen (secondary N) is 1. The van der Waals surface area contributed by atoms with E-state index < -0.39 is 23.0 Å². The van der Waals surface area contributed by atoms with E-state index in [0.717, 1.165) is 4.57 Å². The van der Waals surface area contributed by atoms with Crippen LogP contribution < -0.4 is 26.0 Å². The molecule has 1 aliphatic heterocycles. The van der Waals surface area contributed by atoms with Crippen molar-refractivity contribution >= 4 is 22.6 Å². The summed E-state index contributed by atoms with van der Waals surface area (Å²) in [5.41, 5.74) is -0.240. The Bertz CT molecular complexity index is 1530. The fourth-order valence-electron chi connectivity index (χ4n) is 3.57. The van der Waals surface area contributed by atoms with Gasteiger partial charge in [-0.05, 0) is 42.5 Å². The molecule has 166 valence electrons. The average Bonchev–Trinajstić information content (AvgIpc) is 2.83. The number of anilines is 1. The van der Waals surface area contributed by atoms with Crippen LogP contribution in [-0.2, 0) is 7.05 Å². The van der Waals surface area contributed by atoms with Gasteiger partial charge in [0, 0.05) is 25.0 Å². The molecule has 5 rings (SSSR count). The number of carbonyl (C=O) groups is 1. The Kier molecular flexibility index (Phi) is 4.89. The van der Waals surface area contributed by atoms with Crippen LogP contribution in [0.15, 0.2) is 64.3 Å². The zero-order chi connectivity index (χ0) is 23.1. The zero-order valence-corrected chi connectivity index (χ0v) is 17.4.